The van der Waals surface area contributed by atoms with Gasteiger partial charge in [0.25, 0.3) is 0 Å². The van der Waals surface area contributed by atoms with Crippen LogP contribution in [-0.2, 0) is 27.4 Å². The summed E-state index contributed by atoms with van der Waals surface area (Å²) in [5, 5.41) is 0. The van der Waals surface area contributed by atoms with Crippen molar-refractivity contribution in [1.29, 1.82) is 0 Å². The van der Waals surface area contributed by atoms with Crippen LogP contribution in [0.1, 0.15) is 57.2 Å². The van der Waals surface area contributed by atoms with Gasteiger partial charge >= 0.3 is 0 Å². The van der Waals surface area contributed by atoms with Crippen molar-refractivity contribution in [3.05, 3.63) is 59.9 Å². The molecule has 0 spiro atoms. The topological polar surface area (TPSA) is 54.8 Å². The lowest BCUT2D eigenvalue weighted by Crippen LogP contribution is -2.46. The summed E-state index contributed by atoms with van der Waals surface area (Å²) in [7, 11) is 1.65. The van der Waals surface area contributed by atoms with E-state index in [9.17, 15) is 9.59 Å². The van der Waals surface area contributed by atoms with Crippen LogP contribution in [0.25, 0.3) is 0 Å². The number of ether oxygens (including phenoxy) is 1. The molecule has 2 aromatic rings. The Morgan fingerprint density at radius 1 is 1.03 bits per heavy atom. The van der Waals surface area contributed by atoms with Gasteiger partial charge in [-0.2, -0.15) is 0 Å². The van der Waals surface area contributed by atoms with Gasteiger partial charge in [0, 0.05) is 44.6 Å². The summed E-state index contributed by atoms with van der Waals surface area (Å²) < 4.78 is 7.48. The Balaban J connectivity index is 1.71. The van der Waals surface area contributed by atoms with Crippen molar-refractivity contribution < 1.29 is 14.3 Å². The molecule has 0 atom stereocenters. The number of nitrogens with zero attached hydrogens (tertiary/aromatic N) is 3. The van der Waals surface area contributed by atoms with E-state index in [1.165, 1.54) is 5.56 Å². The third-order valence-electron chi connectivity index (χ3n) is 6.71. The molecule has 1 aromatic heterocycles. The zero-order chi connectivity index (χ0) is 24.3. The Bertz CT molecular complexity index is 887. The van der Waals surface area contributed by atoms with Crippen molar-refractivity contribution in [2.75, 3.05) is 33.4 Å². The molecular weight excluding hydrogens is 426 g/mol. The van der Waals surface area contributed by atoms with E-state index in [1.807, 2.05) is 34.1 Å². The number of hydrogen-bond acceptors (Lipinski definition) is 3. The second-order valence-corrected chi connectivity index (χ2v) is 9.84. The van der Waals surface area contributed by atoms with Crippen LogP contribution in [0.2, 0.25) is 0 Å². The molecule has 0 N–H and O–H groups in total. The van der Waals surface area contributed by atoms with Gasteiger partial charge in [-0.3, -0.25) is 9.59 Å². The molecule has 1 aromatic carbocycles. The quantitative estimate of drug-likeness (QED) is 0.433. The highest BCUT2D eigenvalue weighted by Gasteiger charge is 2.29. The molecule has 34 heavy (non-hydrogen) atoms. The summed E-state index contributed by atoms with van der Waals surface area (Å²) in [6.07, 6.45) is 7.09. The number of rotatable bonds is 13. The number of benzene rings is 1. The molecule has 6 heteroatoms. The lowest BCUT2D eigenvalue weighted by molar-refractivity contribution is -0.143. The maximum Gasteiger partial charge on any atom is 0.242 e. The average Bonchev–Trinajstić information content (AvgIpc) is 3.52. The number of carbonyl (C=O) groups excluding carboxylic acids is 2. The molecule has 1 aliphatic rings. The molecular formula is C28H41N3O3. The summed E-state index contributed by atoms with van der Waals surface area (Å²) in [5.74, 6) is 0.709. The van der Waals surface area contributed by atoms with Crippen LogP contribution in [-0.4, -0.2) is 59.5 Å². The summed E-state index contributed by atoms with van der Waals surface area (Å²) in [6, 6.07) is 14.4. The van der Waals surface area contributed by atoms with Crippen LogP contribution in [0.3, 0.4) is 0 Å². The summed E-state index contributed by atoms with van der Waals surface area (Å²) in [6.45, 7) is 7.33. The smallest absolute Gasteiger partial charge is 0.242 e. The van der Waals surface area contributed by atoms with Crippen molar-refractivity contribution in [3.8, 4) is 0 Å². The Kier molecular flexibility index (Phi) is 10.2. The van der Waals surface area contributed by atoms with Crippen molar-refractivity contribution in [1.82, 2.24) is 14.4 Å². The van der Waals surface area contributed by atoms with Gasteiger partial charge in [0.15, 0.2) is 0 Å². The highest BCUT2D eigenvalue weighted by molar-refractivity contribution is 5.86. The standard InChI is InChI=1S/C28H41N3O3/c1-23(2)15-17-31(28(33)25-12-7-8-13-25)22-27(32)30(18-19-34-3)21-26-14-9-16-29(26)20-24-10-5-4-6-11-24/h4-6,9-11,14,16,23,25H,7-8,12-13,15,17-22H2,1-3H3. The molecule has 0 bridgehead atoms. The van der Waals surface area contributed by atoms with E-state index in [2.05, 4.69) is 42.8 Å². The monoisotopic (exact) mass is 467 g/mol. The van der Waals surface area contributed by atoms with Gasteiger partial charge in [-0.15, -0.1) is 0 Å². The fourth-order valence-electron chi connectivity index (χ4n) is 4.59. The first-order chi connectivity index (χ1) is 16.5. The zero-order valence-electron chi connectivity index (χ0n) is 21.1. The SMILES string of the molecule is COCCN(Cc1cccn1Cc1ccccc1)C(=O)CN(CCC(C)C)C(=O)C1CCCC1. The van der Waals surface area contributed by atoms with E-state index in [4.69, 9.17) is 4.74 Å². The summed E-state index contributed by atoms with van der Waals surface area (Å²) >= 11 is 0. The second kappa shape index (κ2) is 13.3. The molecule has 0 unspecified atom stereocenters. The summed E-state index contributed by atoms with van der Waals surface area (Å²) in [5.41, 5.74) is 2.29. The minimum atomic E-state index is -0.0142. The first-order valence-electron chi connectivity index (χ1n) is 12.7. The minimum absolute atomic E-state index is 0.0142. The van der Waals surface area contributed by atoms with E-state index < -0.39 is 0 Å². The number of amides is 2. The Labute approximate surface area is 204 Å². The van der Waals surface area contributed by atoms with E-state index >= 15 is 0 Å². The van der Waals surface area contributed by atoms with E-state index in [1.54, 1.807) is 7.11 Å². The van der Waals surface area contributed by atoms with E-state index in [0.29, 0.717) is 32.2 Å². The highest BCUT2D eigenvalue weighted by Crippen LogP contribution is 2.27. The van der Waals surface area contributed by atoms with Crippen LogP contribution < -0.4 is 0 Å². The van der Waals surface area contributed by atoms with E-state index in [-0.39, 0.29) is 24.3 Å². The lowest BCUT2D eigenvalue weighted by atomic mass is 10.1. The molecule has 0 radical (unpaired) electrons. The molecule has 186 valence electrons. The molecule has 2 amide bonds. The number of carbonyl (C=O) groups is 2. The molecule has 1 heterocycles. The predicted octanol–water partition coefficient (Wildman–Crippen LogP) is 4.58. The summed E-state index contributed by atoms with van der Waals surface area (Å²) in [4.78, 5) is 30.4. The fraction of sp³-hybridized carbons (Fsp3) is 0.571. The molecule has 0 saturated heterocycles. The Morgan fingerprint density at radius 2 is 1.76 bits per heavy atom. The van der Waals surface area contributed by atoms with Crippen molar-refractivity contribution >= 4 is 11.8 Å². The van der Waals surface area contributed by atoms with Gasteiger partial charge < -0.3 is 19.1 Å². The van der Waals surface area contributed by atoms with Gasteiger partial charge in [-0.1, -0.05) is 57.0 Å². The van der Waals surface area contributed by atoms with Crippen LogP contribution >= 0.6 is 0 Å². The number of hydrogen-bond donors (Lipinski definition) is 0. The number of aromatic nitrogens is 1. The number of methoxy groups -OCH3 is 1. The molecule has 3 rings (SSSR count). The van der Waals surface area contributed by atoms with Gasteiger partial charge in [0.05, 0.1) is 19.7 Å². The fourth-order valence-corrected chi connectivity index (χ4v) is 4.59. The highest BCUT2D eigenvalue weighted by atomic mass is 16.5. The van der Waals surface area contributed by atoms with Gasteiger partial charge in [-0.05, 0) is 42.9 Å². The Morgan fingerprint density at radius 3 is 2.44 bits per heavy atom. The predicted molar refractivity (Wildman–Crippen MR) is 135 cm³/mol. The largest absolute Gasteiger partial charge is 0.383 e. The van der Waals surface area contributed by atoms with Gasteiger partial charge in [-0.25, -0.2) is 0 Å². The zero-order valence-corrected chi connectivity index (χ0v) is 21.1. The van der Waals surface area contributed by atoms with E-state index in [0.717, 1.165) is 44.3 Å². The average molecular weight is 468 g/mol. The maximum atomic E-state index is 13.5. The molecule has 0 aliphatic heterocycles. The normalized spacial score (nSPS) is 14.0. The van der Waals surface area contributed by atoms with Crippen LogP contribution in [0, 0.1) is 11.8 Å². The molecule has 6 nitrogen and oxygen atoms in total. The molecule has 1 saturated carbocycles. The van der Waals surface area contributed by atoms with Gasteiger partial charge in [0.2, 0.25) is 11.8 Å². The third-order valence-corrected chi connectivity index (χ3v) is 6.71. The molecule has 1 fully saturated rings. The van der Waals surface area contributed by atoms with Crippen LogP contribution in [0.15, 0.2) is 48.7 Å². The Hall–Kier alpha value is -2.60. The molecule has 1 aliphatic carbocycles. The van der Waals surface area contributed by atoms with Crippen molar-refractivity contribution in [2.45, 2.75) is 59.0 Å². The van der Waals surface area contributed by atoms with Crippen LogP contribution in [0.4, 0.5) is 0 Å². The first-order valence-corrected chi connectivity index (χ1v) is 12.7. The van der Waals surface area contributed by atoms with Crippen molar-refractivity contribution in [2.24, 2.45) is 11.8 Å². The maximum absolute atomic E-state index is 13.5. The lowest BCUT2D eigenvalue weighted by Gasteiger charge is -2.30. The first kappa shape index (κ1) is 26.0. The van der Waals surface area contributed by atoms with Gasteiger partial charge in [0.1, 0.15) is 0 Å². The van der Waals surface area contributed by atoms with Crippen molar-refractivity contribution in [3.63, 3.8) is 0 Å². The second-order valence-electron chi connectivity index (χ2n) is 9.84. The van der Waals surface area contributed by atoms with Crippen LogP contribution in [0.5, 0.6) is 0 Å². The third kappa shape index (κ3) is 7.73. The minimum Gasteiger partial charge on any atom is -0.383 e.